The molecular formula is C14H22BrN3O2. The summed E-state index contributed by atoms with van der Waals surface area (Å²) in [5, 5.41) is 12.6. The van der Waals surface area contributed by atoms with E-state index < -0.39 is 0 Å². The van der Waals surface area contributed by atoms with E-state index in [-0.39, 0.29) is 12.5 Å². The standard InChI is InChI=1S/C14H22BrN3O2/c1-2-17-9-11(15)8-13(17)14(20)18(6-7-19)10-12-4-3-5-16-12/h8-9,12,16,19H,2-7,10H2,1H3. The molecule has 0 radical (unpaired) electrons. The van der Waals surface area contributed by atoms with Gasteiger partial charge < -0.3 is 19.9 Å². The van der Waals surface area contributed by atoms with Crippen LogP contribution in [-0.4, -0.2) is 52.8 Å². The molecule has 1 aromatic heterocycles. The lowest BCUT2D eigenvalue weighted by Gasteiger charge is -2.25. The number of nitrogens with zero attached hydrogens (tertiary/aromatic N) is 2. The Bertz CT molecular complexity index is 455. The second-order valence-electron chi connectivity index (χ2n) is 5.10. The lowest BCUT2D eigenvalue weighted by Crippen LogP contribution is -2.43. The number of hydrogen-bond donors (Lipinski definition) is 2. The highest BCUT2D eigenvalue weighted by molar-refractivity contribution is 9.10. The first-order chi connectivity index (χ1) is 9.65. The molecular weight excluding hydrogens is 322 g/mol. The number of carbonyl (C=O) groups excluding carboxylic acids is 1. The lowest BCUT2D eigenvalue weighted by molar-refractivity contribution is 0.0696. The van der Waals surface area contributed by atoms with Gasteiger partial charge in [0.2, 0.25) is 0 Å². The van der Waals surface area contributed by atoms with Crippen molar-refractivity contribution in [2.45, 2.75) is 32.4 Å². The smallest absolute Gasteiger partial charge is 0.270 e. The molecule has 0 bridgehead atoms. The zero-order chi connectivity index (χ0) is 14.5. The average molecular weight is 344 g/mol. The molecule has 2 N–H and O–H groups in total. The second-order valence-corrected chi connectivity index (χ2v) is 6.01. The first-order valence-corrected chi connectivity index (χ1v) is 7.94. The SMILES string of the molecule is CCn1cc(Br)cc1C(=O)N(CCO)CC1CCCN1. The first-order valence-electron chi connectivity index (χ1n) is 7.15. The van der Waals surface area contributed by atoms with Gasteiger partial charge >= 0.3 is 0 Å². The largest absolute Gasteiger partial charge is 0.395 e. The molecule has 0 aliphatic carbocycles. The van der Waals surface area contributed by atoms with E-state index >= 15 is 0 Å². The summed E-state index contributed by atoms with van der Waals surface area (Å²) in [5.41, 5.74) is 0.672. The number of aliphatic hydroxyl groups is 1. The Morgan fingerprint density at radius 3 is 3.05 bits per heavy atom. The van der Waals surface area contributed by atoms with Crippen LogP contribution >= 0.6 is 15.9 Å². The summed E-state index contributed by atoms with van der Waals surface area (Å²) in [6.45, 7) is 4.81. The summed E-state index contributed by atoms with van der Waals surface area (Å²) in [4.78, 5) is 14.4. The van der Waals surface area contributed by atoms with Crippen LogP contribution in [0.1, 0.15) is 30.3 Å². The molecule has 0 spiro atoms. The molecule has 1 saturated heterocycles. The van der Waals surface area contributed by atoms with Crippen LogP contribution in [0.5, 0.6) is 0 Å². The molecule has 0 aromatic carbocycles. The van der Waals surface area contributed by atoms with Gasteiger partial charge in [0.1, 0.15) is 5.69 Å². The number of carbonyl (C=O) groups is 1. The summed E-state index contributed by atoms with van der Waals surface area (Å²) in [6.07, 6.45) is 4.16. The van der Waals surface area contributed by atoms with Crippen molar-refractivity contribution in [2.24, 2.45) is 0 Å². The van der Waals surface area contributed by atoms with E-state index in [0.29, 0.717) is 24.8 Å². The van der Waals surface area contributed by atoms with E-state index in [1.807, 2.05) is 23.8 Å². The molecule has 1 aromatic rings. The van der Waals surface area contributed by atoms with E-state index in [0.717, 1.165) is 30.4 Å². The van der Waals surface area contributed by atoms with Gasteiger partial charge in [0.15, 0.2) is 0 Å². The van der Waals surface area contributed by atoms with E-state index in [4.69, 9.17) is 0 Å². The monoisotopic (exact) mass is 343 g/mol. The Morgan fingerprint density at radius 2 is 2.45 bits per heavy atom. The number of hydrogen-bond acceptors (Lipinski definition) is 3. The molecule has 2 heterocycles. The van der Waals surface area contributed by atoms with Gasteiger partial charge in [-0.15, -0.1) is 0 Å². The number of rotatable bonds is 6. The average Bonchev–Trinajstić information content (AvgIpc) is 3.06. The van der Waals surface area contributed by atoms with Gasteiger partial charge in [-0.3, -0.25) is 4.79 Å². The third kappa shape index (κ3) is 3.62. The quantitative estimate of drug-likeness (QED) is 0.822. The third-order valence-electron chi connectivity index (χ3n) is 3.68. The highest BCUT2D eigenvalue weighted by Crippen LogP contribution is 2.17. The molecule has 112 valence electrons. The molecule has 2 rings (SSSR count). The maximum absolute atomic E-state index is 12.7. The summed E-state index contributed by atoms with van der Waals surface area (Å²) in [6, 6.07) is 2.19. The Morgan fingerprint density at radius 1 is 1.65 bits per heavy atom. The van der Waals surface area contributed by atoms with Gasteiger partial charge in [-0.05, 0) is 48.3 Å². The predicted octanol–water partition coefficient (Wildman–Crippen LogP) is 1.46. The van der Waals surface area contributed by atoms with Crippen LogP contribution in [0.4, 0.5) is 0 Å². The summed E-state index contributed by atoms with van der Waals surface area (Å²) in [7, 11) is 0. The van der Waals surface area contributed by atoms with Gasteiger partial charge in [-0.1, -0.05) is 0 Å². The minimum atomic E-state index is -0.0136. The highest BCUT2D eigenvalue weighted by atomic mass is 79.9. The highest BCUT2D eigenvalue weighted by Gasteiger charge is 2.24. The predicted molar refractivity (Wildman–Crippen MR) is 81.8 cm³/mol. The second kappa shape index (κ2) is 7.24. The Kier molecular flexibility index (Phi) is 5.63. The van der Waals surface area contributed by atoms with Crippen molar-refractivity contribution >= 4 is 21.8 Å². The van der Waals surface area contributed by atoms with Crippen molar-refractivity contribution in [1.29, 1.82) is 0 Å². The number of amides is 1. The van der Waals surface area contributed by atoms with Crippen molar-refractivity contribution in [3.05, 3.63) is 22.4 Å². The maximum Gasteiger partial charge on any atom is 0.270 e. The minimum Gasteiger partial charge on any atom is -0.395 e. The summed E-state index contributed by atoms with van der Waals surface area (Å²) < 4.78 is 2.84. The zero-order valence-electron chi connectivity index (χ0n) is 11.8. The van der Waals surface area contributed by atoms with Gasteiger partial charge in [0.25, 0.3) is 5.91 Å². The molecule has 0 saturated carbocycles. The number of aliphatic hydroxyl groups excluding tert-OH is 1. The Labute approximate surface area is 128 Å². The van der Waals surface area contributed by atoms with Gasteiger partial charge in [0, 0.05) is 36.3 Å². The van der Waals surface area contributed by atoms with Crippen LogP contribution in [0.2, 0.25) is 0 Å². The first kappa shape index (κ1) is 15.5. The van der Waals surface area contributed by atoms with Crippen LogP contribution < -0.4 is 5.32 Å². The molecule has 1 fully saturated rings. The van der Waals surface area contributed by atoms with Crippen LogP contribution in [0, 0.1) is 0 Å². The van der Waals surface area contributed by atoms with Gasteiger partial charge in [0.05, 0.1) is 6.61 Å². The molecule has 1 aliphatic rings. The van der Waals surface area contributed by atoms with Crippen molar-refractivity contribution in [1.82, 2.24) is 14.8 Å². The van der Waals surface area contributed by atoms with E-state index in [9.17, 15) is 9.90 Å². The lowest BCUT2D eigenvalue weighted by atomic mass is 10.2. The van der Waals surface area contributed by atoms with Gasteiger partial charge in [-0.2, -0.15) is 0 Å². The van der Waals surface area contributed by atoms with E-state index in [2.05, 4.69) is 21.2 Å². The van der Waals surface area contributed by atoms with E-state index in [1.165, 1.54) is 0 Å². The zero-order valence-corrected chi connectivity index (χ0v) is 13.4. The molecule has 6 heteroatoms. The maximum atomic E-state index is 12.7. The Hall–Kier alpha value is -0.850. The molecule has 1 aliphatic heterocycles. The van der Waals surface area contributed by atoms with Crippen molar-refractivity contribution in [2.75, 3.05) is 26.2 Å². The topological polar surface area (TPSA) is 57.5 Å². The van der Waals surface area contributed by atoms with Crippen LogP contribution in [0.3, 0.4) is 0 Å². The van der Waals surface area contributed by atoms with Gasteiger partial charge in [-0.25, -0.2) is 0 Å². The van der Waals surface area contributed by atoms with Crippen LogP contribution in [0.15, 0.2) is 16.7 Å². The molecule has 20 heavy (non-hydrogen) atoms. The third-order valence-corrected chi connectivity index (χ3v) is 4.12. The van der Waals surface area contributed by atoms with E-state index in [1.54, 1.807) is 4.90 Å². The fourth-order valence-corrected chi connectivity index (χ4v) is 3.12. The number of nitrogens with one attached hydrogen (secondary N) is 1. The van der Waals surface area contributed by atoms with Crippen molar-refractivity contribution in [3.8, 4) is 0 Å². The molecule has 1 amide bonds. The number of aromatic nitrogens is 1. The molecule has 1 atom stereocenters. The fourth-order valence-electron chi connectivity index (χ4n) is 2.65. The number of aryl methyl sites for hydroxylation is 1. The van der Waals surface area contributed by atoms with Crippen LogP contribution in [0.25, 0.3) is 0 Å². The van der Waals surface area contributed by atoms with Crippen molar-refractivity contribution in [3.63, 3.8) is 0 Å². The number of halogens is 1. The molecule has 5 nitrogen and oxygen atoms in total. The van der Waals surface area contributed by atoms with Crippen LogP contribution in [-0.2, 0) is 6.54 Å². The minimum absolute atomic E-state index is 0.00748. The molecule has 1 unspecified atom stereocenters. The Balaban J connectivity index is 2.12. The summed E-state index contributed by atoms with van der Waals surface area (Å²) >= 11 is 3.42. The van der Waals surface area contributed by atoms with Crippen molar-refractivity contribution < 1.29 is 9.90 Å². The fraction of sp³-hybridized carbons (Fsp3) is 0.643. The summed E-state index contributed by atoms with van der Waals surface area (Å²) in [5.74, 6) is -0.0136. The normalized spacial score (nSPS) is 18.4.